The Morgan fingerprint density at radius 2 is 1.79 bits per heavy atom. The number of nitrogens with one attached hydrogen (secondary N) is 1. The summed E-state index contributed by atoms with van der Waals surface area (Å²) in [5.74, 6) is 0. The van der Waals surface area contributed by atoms with Crippen molar-refractivity contribution < 1.29 is 0 Å². The zero-order valence-corrected chi connectivity index (χ0v) is 11.3. The van der Waals surface area contributed by atoms with Crippen LogP contribution in [0.25, 0.3) is 0 Å². The van der Waals surface area contributed by atoms with E-state index in [1.165, 1.54) is 5.56 Å². The second-order valence-electron chi connectivity index (χ2n) is 4.72. The number of hydrogen-bond acceptors (Lipinski definition) is 3. The van der Waals surface area contributed by atoms with Crippen molar-refractivity contribution in [3.05, 3.63) is 53.6 Å². The van der Waals surface area contributed by atoms with E-state index in [9.17, 15) is 0 Å². The molecule has 3 heteroatoms. The average molecular weight is 255 g/mol. The van der Waals surface area contributed by atoms with Gasteiger partial charge in [-0.1, -0.05) is 25.1 Å². The Balaban J connectivity index is 2.27. The summed E-state index contributed by atoms with van der Waals surface area (Å²) >= 11 is 0. The molecule has 0 aromatic heterocycles. The van der Waals surface area contributed by atoms with E-state index in [2.05, 4.69) is 18.3 Å². The molecule has 0 spiro atoms. The lowest BCUT2D eigenvalue weighted by atomic mass is 10.0. The molecule has 2 aromatic carbocycles. The molecular weight excluding hydrogens is 234 g/mol. The minimum atomic E-state index is 0.784. The van der Waals surface area contributed by atoms with Gasteiger partial charge in [0.15, 0.2) is 0 Å². The minimum Gasteiger partial charge on any atom is -0.399 e. The van der Waals surface area contributed by atoms with Gasteiger partial charge >= 0.3 is 0 Å². The van der Waals surface area contributed by atoms with Crippen LogP contribution < -0.4 is 16.8 Å². The first-order valence-electron chi connectivity index (χ1n) is 6.66. The number of anilines is 3. The third kappa shape index (κ3) is 3.41. The van der Waals surface area contributed by atoms with Gasteiger partial charge in [-0.15, -0.1) is 0 Å². The van der Waals surface area contributed by atoms with Crippen molar-refractivity contribution >= 4 is 17.1 Å². The van der Waals surface area contributed by atoms with Crippen molar-refractivity contribution in [3.8, 4) is 0 Å². The summed E-state index contributed by atoms with van der Waals surface area (Å²) < 4.78 is 0. The van der Waals surface area contributed by atoms with Gasteiger partial charge in [0.1, 0.15) is 0 Å². The van der Waals surface area contributed by atoms with E-state index in [1.807, 2.05) is 36.4 Å². The van der Waals surface area contributed by atoms with Crippen molar-refractivity contribution in [2.75, 3.05) is 23.3 Å². The second-order valence-corrected chi connectivity index (χ2v) is 4.72. The van der Waals surface area contributed by atoms with Gasteiger partial charge in [0.05, 0.1) is 0 Å². The SMILES string of the molecule is CCCNc1ccc(N)cc1Cc1ccccc1N. The maximum Gasteiger partial charge on any atom is 0.0377 e. The largest absolute Gasteiger partial charge is 0.399 e. The zero-order chi connectivity index (χ0) is 13.7. The standard InChI is InChI=1S/C16H21N3/c1-2-9-19-16-8-7-14(17)11-13(16)10-12-5-3-4-6-15(12)18/h3-8,11,19H,2,9-10,17-18H2,1H3. The summed E-state index contributed by atoms with van der Waals surface area (Å²) in [6, 6.07) is 13.9. The maximum absolute atomic E-state index is 6.00. The van der Waals surface area contributed by atoms with Crippen LogP contribution in [0.4, 0.5) is 17.1 Å². The van der Waals surface area contributed by atoms with Gasteiger partial charge in [-0.05, 0) is 41.8 Å². The van der Waals surface area contributed by atoms with Crippen LogP contribution in [-0.2, 0) is 6.42 Å². The predicted molar refractivity (Wildman–Crippen MR) is 83.3 cm³/mol. The lowest BCUT2D eigenvalue weighted by Crippen LogP contribution is -2.05. The molecule has 0 amide bonds. The van der Waals surface area contributed by atoms with E-state index in [0.29, 0.717) is 0 Å². The summed E-state index contributed by atoms with van der Waals surface area (Å²) in [6.45, 7) is 3.11. The third-order valence-electron chi connectivity index (χ3n) is 3.13. The molecule has 0 aliphatic rings. The summed E-state index contributed by atoms with van der Waals surface area (Å²) in [6.07, 6.45) is 1.89. The number of nitrogens with two attached hydrogens (primary N) is 2. The minimum absolute atomic E-state index is 0.784. The van der Waals surface area contributed by atoms with Crippen LogP contribution in [-0.4, -0.2) is 6.54 Å². The van der Waals surface area contributed by atoms with Crippen LogP contribution in [0.5, 0.6) is 0 Å². The van der Waals surface area contributed by atoms with Gasteiger partial charge in [-0.25, -0.2) is 0 Å². The molecule has 2 aromatic rings. The molecule has 0 saturated heterocycles. The quantitative estimate of drug-likeness (QED) is 0.718. The fraction of sp³-hybridized carbons (Fsp3) is 0.250. The fourth-order valence-electron chi connectivity index (χ4n) is 2.09. The third-order valence-corrected chi connectivity index (χ3v) is 3.13. The second kappa shape index (κ2) is 6.14. The van der Waals surface area contributed by atoms with E-state index in [1.54, 1.807) is 0 Å². The zero-order valence-electron chi connectivity index (χ0n) is 11.3. The van der Waals surface area contributed by atoms with Crippen LogP contribution in [0, 0.1) is 0 Å². The summed E-state index contributed by atoms with van der Waals surface area (Å²) in [4.78, 5) is 0. The van der Waals surface area contributed by atoms with Crippen LogP contribution in [0.1, 0.15) is 24.5 Å². The van der Waals surface area contributed by atoms with Gasteiger partial charge in [0, 0.05) is 30.0 Å². The molecule has 100 valence electrons. The highest BCUT2D eigenvalue weighted by Crippen LogP contribution is 2.24. The number of nitrogen functional groups attached to an aromatic ring is 2. The highest BCUT2D eigenvalue weighted by molar-refractivity contribution is 5.61. The summed E-state index contributed by atoms with van der Waals surface area (Å²) in [7, 11) is 0. The maximum atomic E-state index is 6.00. The van der Waals surface area contributed by atoms with Crippen molar-refractivity contribution in [1.82, 2.24) is 0 Å². The summed E-state index contributed by atoms with van der Waals surface area (Å²) in [5.41, 5.74) is 17.0. The highest BCUT2D eigenvalue weighted by atomic mass is 14.9. The Hall–Kier alpha value is -2.16. The number of benzene rings is 2. The molecule has 0 fully saturated rings. The summed E-state index contributed by atoms with van der Waals surface area (Å²) in [5, 5.41) is 3.43. The molecule has 0 aliphatic heterocycles. The number of para-hydroxylation sites is 1. The Kier molecular flexibility index (Phi) is 4.29. The van der Waals surface area contributed by atoms with Crippen molar-refractivity contribution in [3.63, 3.8) is 0 Å². The van der Waals surface area contributed by atoms with E-state index in [0.717, 1.165) is 42.0 Å². The Bertz CT molecular complexity index is 549. The van der Waals surface area contributed by atoms with E-state index in [4.69, 9.17) is 11.5 Å². The molecule has 2 rings (SSSR count). The van der Waals surface area contributed by atoms with Gasteiger partial charge < -0.3 is 16.8 Å². The lowest BCUT2D eigenvalue weighted by molar-refractivity contribution is 0.974. The molecule has 0 atom stereocenters. The molecule has 0 radical (unpaired) electrons. The van der Waals surface area contributed by atoms with Crippen LogP contribution in [0.3, 0.4) is 0 Å². The Labute approximate surface area is 114 Å². The van der Waals surface area contributed by atoms with Crippen molar-refractivity contribution in [1.29, 1.82) is 0 Å². The van der Waals surface area contributed by atoms with E-state index < -0.39 is 0 Å². The molecule has 3 nitrogen and oxygen atoms in total. The molecule has 5 N–H and O–H groups in total. The lowest BCUT2D eigenvalue weighted by Gasteiger charge is -2.13. The first kappa shape index (κ1) is 13.3. The monoisotopic (exact) mass is 255 g/mol. The van der Waals surface area contributed by atoms with Gasteiger partial charge in [-0.3, -0.25) is 0 Å². The molecule has 0 unspecified atom stereocenters. The molecule has 0 aliphatic carbocycles. The number of rotatable bonds is 5. The first-order chi connectivity index (χ1) is 9.20. The first-order valence-corrected chi connectivity index (χ1v) is 6.66. The fourth-order valence-corrected chi connectivity index (χ4v) is 2.09. The van der Waals surface area contributed by atoms with Gasteiger partial charge in [0.2, 0.25) is 0 Å². The molecule has 0 heterocycles. The van der Waals surface area contributed by atoms with Crippen molar-refractivity contribution in [2.45, 2.75) is 19.8 Å². The van der Waals surface area contributed by atoms with Gasteiger partial charge in [0.25, 0.3) is 0 Å². The van der Waals surface area contributed by atoms with Crippen molar-refractivity contribution in [2.24, 2.45) is 0 Å². The normalized spacial score (nSPS) is 10.4. The highest BCUT2D eigenvalue weighted by Gasteiger charge is 2.06. The van der Waals surface area contributed by atoms with Crippen LogP contribution in [0.15, 0.2) is 42.5 Å². The average Bonchev–Trinajstić information content (AvgIpc) is 2.40. The van der Waals surface area contributed by atoms with E-state index in [-0.39, 0.29) is 0 Å². The predicted octanol–water partition coefficient (Wildman–Crippen LogP) is 3.26. The number of hydrogen-bond donors (Lipinski definition) is 3. The van der Waals surface area contributed by atoms with Gasteiger partial charge in [-0.2, -0.15) is 0 Å². The Morgan fingerprint density at radius 3 is 2.53 bits per heavy atom. The molecule has 0 bridgehead atoms. The topological polar surface area (TPSA) is 64.1 Å². The smallest absolute Gasteiger partial charge is 0.0377 e. The Morgan fingerprint density at radius 1 is 1.00 bits per heavy atom. The van der Waals surface area contributed by atoms with Crippen LogP contribution in [0.2, 0.25) is 0 Å². The van der Waals surface area contributed by atoms with E-state index >= 15 is 0 Å². The molecular formula is C16H21N3. The molecule has 19 heavy (non-hydrogen) atoms. The van der Waals surface area contributed by atoms with Crippen LogP contribution >= 0.6 is 0 Å². The molecule has 0 saturated carbocycles.